The Morgan fingerprint density at radius 1 is 1.33 bits per heavy atom. The van der Waals surface area contributed by atoms with Crippen molar-refractivity contribution in [3.8, 4) is 0 Å². The van der Waals surface area contributed by atoms with Crippen molar-refractivity contribution >= 4 is 17.4 Å². The molecule has 1 unspecified atom stereocenters. The maximum absolute atomic E-state index is 13.2. The van der Waals surface area contributed by atoms with Crippen molar-refractivity contribution in [2.45, 2.75) is 38.6 Å². The van der Waals surface area contributed by atoms with Crippen LogP contribution in [-0.4, -0.2) is 33.4 Å². The molecule has 1 saturated heterocycles. The monoisotopic (exact) mass is 328 g/mol. The topological polar surface area (TPSA) is 58.1 Å². The standard InChI is InChI=1S/C18H21FN4O/c1-2-15-8-3-4-9-23(15)18(24)16-11-21-17(12-20-16)22-14-7-5-6-13(19)10-14/h5-7,10-12,15H,2-4,8-9H2,1H3,(H,21,22). The molecule has 1 atom stereocenters. The number of rotatable bonds is 4. The van der Waals surface area contributed by atoms with Crippen molar-refractivity contribution in [1.29, 1.82) is 0 Å². The number of amides is 1. The summed E-state index contributed by atoms with van der Waals surface area (Å²) in [6.45, 7) is 2.89. The van der Waals surface area contributed by atoms with E-state index in [-0.39, 0.29) is 17.8 Å². The Morgan fingerprint density at radius 2 is 2.21 bits per heavy atom. The molecule has 1 aliphatic rings. The molecule has 1 amide bonds. The van der Waals surface area contributed by atoms with Crippen LogP contribution in [0.4, 0.5) is 15.9 Å². The number of carbonyl (C=O) groups excluding carboxylic acids is 1. The van der Waals surface area contributed by atoms with Crippen LogP contribution in [0.3, 0.4) is 0 Å². The van der Waals surface area contributed by atoms with E-state index in [1.165, 1.54) is 30.9 Å². The Balaban J connectivity index is 1.70. The summed E-state index contributed by atoms with van der Waals surface area (Å²) < 4.78 is 13.2. The van der Waals surface area contributed by atoms with Gasteiger partial charge in [0.2, 0.25) is 0 Å². The lowest BCUT2D eigenvalue weighted by Gasteiger charge is -2.34. The molecule has 1 aromatic carbocycles. The minimum absolute atomic E-state index is 0.0636. The molecule has 6 heteroatoms. The van der Waals surface area contributed by atoms with E-state index in [4.69, 9.17) is 0 Å². The van der Waals surface area contributed by atoms with Gasteiger partial charge in [-0.15, -0.1) is 0 Å². The number of halogens is 1. The second kappa shape index (κ2) is 7.38. The van der Waals surface area contributed by atoms with Gasteiger partial charge >= 0.3 is 0 Å². The number of piperidine rings is 1. The molecule has 0 bridgehead atoms. The molecular formula is C18H21FN4O. The zero-order valence-corrected chi connectivity index (χ0v) is 13.7. The summed E-state index contributed by atoms with van der Waals surface area (Å²) in [5.41, 5.74) is 0.936. The van der Waals surface area contributed by atoms with Gasteiger partial charge in [-0.3, -0.25) is 4.79 Å². The molecule has 1 N–H and O–H groups in total. The van der Waals surface area contributed by atoms with Crippen LogP contribution in [0.25, 0.3) is 0 Å². The van der Waals surface area contributed by atoms with Crippen LogP contribution >= 0.6 is 0 Å². The highest BCUT2D eigenvalue weighted by molar-refractivity contribution is 5.92. The van der Waals surface area contributed by atoms with Gasteiger partial charge < -0.3 is 10.2 Å². The molecule has 0 saturated carbocycles. The fraction of sp³-hybridized carbons (Fsp3) is 0.389. The summed E-state index contributed by atoms with van der Waals surface area (Å²) in [6.07, 6.45) is 7.20. The van der Waals surface area contributed by atoms with Gasteiger partial charge in [-0.1, -0.05) is 13.0 Å². The second-order valence-corrected chi connectivity index (χ2v) is 5.98. The molecule has 1 fully saturated rings. The highest BCUT2D eigenvalue weighted by Crippen LogP contribution is 2.21. The Morgan fingerprint density at radius 3 is 2.92 bits per heavy atom. The molecule has 2 heterocycles. The zero-order valence-electron chi connectivity index (χ0n) is 13.7. The van der Waals surface area contributed by atoms with E-state index in [9.17, 15) is 9.18 Å². The minimum atomic E-state index is -0.324. The molecule has 0 aliphatic carbocycles. The van der Waals surface area contributed by atoms with Crippen molar-refractivity contribution < 1.29 is 9.18 Å². The maximum Gasteiger partial charge on any atom is 0.274 e. The van der Waals surface area contributed by atoms with Crippen LogP contribution in [0, 0.1) is 5.82 Å². The van der Waals surface area contributed by atoms with E-state index in [2.05, 4.69) is 22.2 Å². The van der Waals surface area contributed by atoms with E-state index < -0.39 is 0 Å². The lowest BCUT2D eigenvalue weighted by atomic mass is 10.00. The van der Waals surface area contributed by atoms with Crippen molar-refractivity contribution in [1.82, 2.24) is 14.9 Å². The van der Waals surface area contributed by atoms with Gasteiger partial charge in [0.1, 0.15) is 17.3 Å². The maximum atomic E-state index is 13.2. The highest BCUT2D eigenvalue weighted by Gasteiger charge is 2.27. The summed E-state index contributed by atoms with van der Waals surface area (Å²) in [5, 5.41) is 2.97. The molecule has 3 rings (SSSR count). The summed E-state index contributed by atoms with van der Waals surface area (Å²) in [7, 11) is 0. The predicted molar refractivity (Wildman–Crippen MR) is 90.7 cm³/mol. The first kappa shape index (κ1) is 16.4. The molecule has 24 heavy (non-hydrogen) atoms. The smallest absolute Gasteiger partial charge is 0.274 e. The Bertz CT molecular complexity index is 704. The highest BCUT2D eigenvalue weighted by atomic mass is 19.1. The summed E-state index contributed by atoms with van der Waals surface area (Å²) in [6, 6.07) is 6.40. The summed E-state index contributed by atoms with van der Waals surface area (Å²) in [5.74, 6) is 0.0876. The molecule has 1 aliphatic heterocycles. The van der Waals surface area contributed by atoms with Gasteiger partial charge in [-0.2, -0.15) is 0 Å². The lowest BCUT2D eigenvalue weighted by Crippen LogP contribution is -2.43. The molecule has 1 aromatic heterocycles. The summed E-state index contributed by atoms with van der Waals surface area (Å²) >= 11 is 0. The fourth-order valence-electron chi connectivity index (χ4n) is 3.06. The van der Waals surface area contributed by atoms with Crippen LogP contribution in [0.15, 0.2) is 36.7 Å². The SMILES string of the molecule is CCC1CCCCN1C(=O)c1cnc(Nc2cccc(F)c2)cn1. The summed E-state index contributed by atoms with van der Waals surface area (Å²) in [4.78, 5) is 23.0. The first-order valence-electron chi connectivity index (χ1n) is 8.33. The van der Waals surface area contributed by atoms with Crippen molar-refractivity contribution in [2.24, 2.45) is 0 Å². The first-order valence-corrected chi connectivity index (χ1v) is 8.33. The number of likely N-dealkylation sites (tertiary alicyclic amines) is 1. The zero-order chi connectivity index (χ0) is 16.9. The average Bonchev–Trinajstić information content (AvgIpc) is 2.62. The third kappa shape index (κ3) is 3.69. The van der Waals surface area contributed by atoms with Crippen LogP contribution in [-0.2, 0) is 0 Å². The van der Waals surface area contributed by atoms with Gasteiger partial charge in [0.05, 0.1) is 12.4 Å². The Hall–Kier alpha value is -2.50. The number of benzene rings is 1. The van der Waals surface area contributed by atoms with Crippen molar-refractivity contribution in [2.75, 3.05) is 11.9 Å². The third-order valence-corrected chi connectivity index (χ3v) is 4.33. The lowest BCUT2D eigenvalue weighted by molar-refractivity contribution is 0.0601. The first-order chi connectivity index (χ1) is 11.7. The average molecular weight is 328 g/mol. The molecule has 5 nitrogen and oxygen atoms in total. The quantitative estimate of drug-likeness (QED) is 0.928. The molecule has 2 aromatic rings. The Kier molecular flexibility index (Phi) is 5.03. The third-order valence-electron chi connectivity index (χ3n) is 4.33. The number of nitrogens with one attached hydrogen (secondary N) is 1. The van der Waals surface area contributed by atoms with Crippen LogP contribution < -0.4 is 5.32 Å². The van der Waals surface area contributed by atoms with Gasteiger partial charge in [-0.25, -0.2) is 14.4 Å². The van der Waals surface area contributed by atoms with Gasteiger partial charge in [0, 0.05) is 18.3 Å². The van der Waals surface area contributed by atoms with Gasteiger partial charge in [0.25, 0.3) is 5.91 Å². The number of carbonyl (C=O) groups is 1. The number of anilines is 2. The predicted octanol–water partition coefficient (Wildman–Crippen LogP) is 3.76. The number of aromatic nitrogens is 2. The Labute approximate surface area is 140 Å². The van der Waals surface area contributed by atoms with E-state index in [0.29, 0.717) is 17.2 Å². The fourth-order valence-corrected chi connectivity index (χ4v) is 3.06. The van der Waals surface area contributed by atoms with E-state index >= 15 is 0 Å². The number of hydrogen-bond donors (Lipinski definition) is 1. The van der Waals surface area contributed by atoms with Crippen molar-refractivity contribution in [3.05, 3.63) is 48.2 Å². The van der Waals surface area contributed by atoms with Gasteiger partial charge in [-0.05, 0) is 43.9 Å². The van der Waals surface area contributed by atoms with E-state index in [1.54, 1.807) is 12.1 Å². The van der Waals surface area contributed by atoms with Crippen LogP contribution in [0.2, 0.25) is 0 Å². The minimum Gasteiger partial charge on any atom is -0.339 e. The van der Waals surface area contributed by atoms with Gasteiger partial charge in [0.15, 0.2) is 0 Å². The molecular weight excluding hydrogens is 307 g/mol. The normalized spacial score (nSPS) is 17.6. The second-order valence-electron chi connectivity index (χ2n) is 5.98. The van der Waals surface area contributed by atoms with Crippen molar-refractivity contribution in [3.63, 3.8) is 0 Å². The number of hydrogen-bond acceptors (Lipinski definition) is 4. The molecule has 0 spiro atoms. The van der Waals surface area contributed by atoms with E-state index in [1.807, 2.05) is 4.90 Å². The largest absolute Gasteiger partial charge is 0.339 e. The van der Waals surface area contributed by atoms with E-state index in [0.717, 1.165) is 25.8 Å². The molecule has 126 valence electrons. The number of nitrogens with zero attached hydrogens (tertiary/aromatic N) is 3. The molecule has 0 radical (unpaired) electrons. The van der Waals surface area contributed by atoms with Crippen LogP contribution in [0.1, 0.15) is 43.1 Å². The van der Waals surface area contributed by atoms with Crippen LogP contribution in [0.5, 0.6) is 0 Å².